The van der Waals surface area contributed by atoms with Crippen LogP contribution in [0.4, 0.5) is 5.69 Å². The van der Waals surface area contributed by atoms with E-state index in [4.69, 9.17) is 14.6 Å². The fraction of sp³-hybridized carbons (Fsp3) is 0.533. The van der Waals surface area contributed by atoms with Crippen molar-refractivity contribution >= 4 is 11.7 Å². The molecule has 0 saturated heterocycles. The molecule has 1 N–H and O–H groups in total. The van der Waals surface area contributed by atoms with Crippen LogP contribution in [0.2, 0.25) is 0 Å². The molecule has 0 fully saturated rings. The summed E-state index contributed by atoms with van der Waals surface area (Å²) < 4.78 is 11.1. The van der Waals surface area contributed by atoms with Crippen LogP contribution in [0.1, 0.15) is 20.8 Å². The van der Waals surface area contributed by atoms with Gasteiger partial charge in [0.25, 0.3) is 0 Å². The molecule has 5 nitrogen and oxygen atoms in total. The number of aliphatic carboxylic acids is 1. The minimum atomic E-state index is -0.798. The van der Waals surface area contributed by atoms with Gasteiger partial charge in [0.1, 0.15) is 0 Å². The molecule has 0 bridgehead atoms. The molecule has 1 aromatic rings. The molecule has 5 heteroatoms. The standard InChI is InChI=1S/C15H23NO4/c1-5-19-13-8-7-12(9-14(13)20-6-2)16(4)10-11(3)15(17)18/h7-9,11H,5-6,10H2,1-4H3,(H,17,18). The summed E-state index contributed by atoms with van der Waals surface area (Å²) in [6.45, 7) is 7.10. The van der Waals surface area contributed by atoms with Gasteiger partial charge in [0, 0.05) is 25.3 Å². The molecule has 0 radical (unpaired) electrons. The van der Waals surface area contributed by atoms with E-state index >= 15 is 0 Å². The lowest BCUT2D eigenvalue weighted by atomic mass is 10.1. The molecular weight excluding hydrogens is 258 g/mol. The third-order valence-corrected chi connectivity index (χ3v) is 2.94. The van der Waals surface area contributed by atoms with Crippen LogP contribution in [-0.4, -0.2) is 37.9 Å². The van der Waals surface area contributed by atoms with Gasteiger partial charge in [-0.15, -0.1) is 0 Å². The highest BCUT2D eigenvalue weighted by molar-refractivity contribution is 5.70. The van der Waals surface area contributed by atoms with E-state index < -0.39 is 11.9 Å². The fourth-order valence-electron chi connectivity index (χ4n) is 1.87. The van der Waals surface area contributed by atoms with Crippen molar-refractivity contribution in [1.82, 2.24) is 0 Å². The predicted octanol–water partition coefficient (Wildman–Crippen LogP) is 2.64. The first-order chi connectivity index (χ1) is 9.49. The molecule has 0 aliphatic carbocycles. The van der Waals surface area contributed by atoms with Crippen molar-refractivity contribution in [2.75, 3.05) is 31.7 Å². The number of hydrogen-bond acceptors (Lipinski definition) is 4. The molecule has 0 heterocycles. The number of benzene rings is 1. The maximum atomic E-state index is 10.9. The summed E-state index contributed by atoms with van der Waals surface area (Å²) in [4.78, 5) is 12.8. The van der Waals surface area contributed by atoms with Crippen LogP contribution in [-0.2, 0) is 4.79 Å². The van der Waals surface area contributed by atoms with E-state index in [-0.39, 0.29) is 0 Å². The van der Waals surface area contributed by atoms with Gasteiger partial charge < -0.3 is 19.5 Å². The number of hydrogen-bond donors (Lipinski definition) is 1. The van der Waals surface area contributed by atoms with Gasteiger partial charge >= 0.3 is 5.97 Å². The third kappa shape index (κ3) is 4.33. The first kappa shape index (κ1) is 16.1. The summed E-state index contributed by atoms with van der Waals surface area (Å²) in [6.07, 6.45) is 0. The third-order valence-electron chi connectivity index (χ3n) is 2.94. The average Bonchev–Trinajstić information content (AvgIpc) is 2.41. The molecule has 0 saturated carbocycles. The van der Waals surface area contributed by atoms with E-state index in [1.165, 1.54) is 0 Å². The van der Waals surface area contributed by atoms with E-state index in [1.54, 1.807) is 6.92 Å². The van der Waals surface area contributed by atoms with Crippen LogP contribution in [0.15, 0.2) is 18.2 Å². The Labute approximate surface area is 120 Å². The second kappa shape index (κ2) is 7.62. The summed E-state index contributed by atoms with van der Waals surface area (Å²) in [5.41, 5.74) is 0.907. The van der Waals surface area contributed by atoms with E-state index in [0.717, 1.165) is 5.69 Å². The lowest BCUT2D eigenvalue weighted by Gasteiger charge is -2.23. The van der Waals surface area contributed by atoms with Crippen LogP contribution in [0.3, 0.4) is 0 Å². The molecular formula is C15H23NO4. The van der Waals surface area contributed by atoms with Crippen molar-refractivity contribution in [2.45, 2.75) is 20.8 Å². The Morgan fingerprint density at radius 3 is 2.40 bits per heavy atom. The number of anilines is 1. The minimum Gasteiger partial charge on any atom is -0.490 e. The van der Waals surface area contributed by atoms with Crippen molar-refractivity contribution < 1.29 is 19.4 Å². The average molecular weight is 281 g/mol. The number of nitrogens with zero attached hydrogens (tertiary/aromatic N) is 1. The molecule has 1 unspecified atom stereocenters. The number of carboxylic acid groups (broad SMARTS) is 1. The van der Waals surface area contributed by atoms with E-state index in [2.05, 4.69) is 0 Å². The summed E-state index contributed by atoms with van der Waals surface area (Å²) in [5, 5.41) is 8.96. The Morgan fingerprint density at radius 2 is 1.85 bits per heavy atom. The van der Waals surface area contributed by atoms with Gasteiger partial charge in [0.2, 0.25) is 0 Å². The van der Waals surface area contributed by atoms with Crippen molar-refractivity contribution in [1.29, 1.82) is 0 Å². The SMILES string of the molecule is CCOc1ccc(N(C)CC(C)C(=O)O)cc1OCC. The Bertz CT molecular complexity index is 447. The highest BCUT2D eigenvalue weighted by atomic mass is 16.5. The maximum Gasteiger partial charge on any atom is 0.308 e. The van der Waals surface area contributed by atoms with E-state index in [9.17, 15) is 4.79 Å². The van der Waals surface area contributed by atoms with Crippen LogP contribution >= 0.6 is 0 Å². The van der Waals surface area contributed by atoms with Gasteiger partial charge in [-0.1, -0.05) is 6.92 Å². The normalized spacial score (nSPS) is 11.8. The summed E-state index contributed by atoms with van der Waals surface area (Å²) in [6, 6.07) is 5.64. The van der Waals surface area contributed by atoms with Gasteiger partial charge in [-0.2, -0.15) is 0 Å². The monoisotopic (exact) mass is 281 g/mol. The van der Waals surface area contributed by atoms with Gasteiger partial charge in [-0.25, -0.2) is 0 Å². The molecule has 0 aromatic heterocycles. The van der Waals surface area contributed by atoms with Crippen LogP contribution in [0.25, 0.3) is 0 Å². The lowest BCUT2D eigenvalue weighted by Crippen LogP contribution is -2.28. The van der Waals surface area contributed by atoms with Gasteiger partial charge in [-0.3, -0.25) is 4.79 Å². The molecule has 0 amide bonds. The molecule has 0 aliphatic rings. The first-order valence-electron chi connectivity index (χ1n) is 6.83. The molecule has 1 aromatic carbocycles. The molecule has 1 atom stereocenters. The second-order valence-electron chi connectivity index (χ2n) is 4.62. The van der Waals surface area contributed by atoms with Gasteiger partial charge in [0.15, 0.2) is 11.5 Å². The van der Waals surface area contributed by atoms with E-state index in [0.29, 0.717) is 31.3 Å². The van der Waals surface area contributed by atoms with Crippen LogP contribution in [0.5, 0.6) is 11.5 Å². The van der Waals surface area contributed by atoms with Crippen LogP contribution < -0.4 is 14.4 Å². The van der Waals surface area contributed by atoms with Crippen molar-refractivity contribution in [3.8, 4) is 11.5 Å². The first-order valence-corrected chi connectivity index (χ1v) is 6.83. The number of rotatable bonds is 8. The summed E-state index contributed by atoms with van der Waals surface area (Å²) >= 11 is 0. The Hall–Kier alpha value is -1.91. The largest absolute Gasteiger partial charge is 0.490 e. The maximum absolute atomic E-state index is 10.9. The van der Waals surface area contributed by atoms with Gasteiger partial charge in [0.05, 0.1) is 19.1 Å². The zero-order valence-corrected chi connectivity index (χ0v) is 12.5. The Kier molecular flexibility index (Phi) is 6.15. The quantitative estimate of drug-likeness (QED) is 0.793. The van der Waals surface area contributed by atoms with Crippen molar-refractivity contribution in [2.24, 2.45) is 5.92 Å². The second-order valence-corrected chi connectivity index (χ2v) is 4.62. The Morgan fingerprint density at radius 1 is 1.25 bits per heavy atom. The highest BCUT2D eigenvalue weighted by Gasteiger charge is 2.15. The minimum absolute atomic E-state index is 0.429. The molecule has 20 heavy (non-hydrogen) atoms. The fourth-order valence-corrected chi connectivity index (χ4v) is 1.87. The number of carbonyl (C=O) groups is 1. The zero-order chi connectivity index (χ0) is 15.1. The Balaban J connectivity index is 2.89. The summed E-state index contributed by atoms with van der Waals surface area (Å²) in [5.74, 6) is 0.161. The van der Waals surface area contributed by atoms with Crippen molar-refractivity contribution in [3.05, 3.63) is 18.2 Å². The predicted molar refractivity (Wildman–Crippen MR) is 78.8 cm³/mol. The number of carboxylic acids is 1. The van der Waals surface area contributed by atoms with Gasteiger partial charge in [-0.05, 0) is 26.0 Å². The smallest absolute Gasteiger partial charge is 0.308 e. The molecule has 0 aliphatic heterocycles. The zero-order valence-electron chi connectivity index (χ0n) is 12.5. The molecule has 1 rings (SSSR count). The lowest BCUT2D eigenvalue weighted by molar-refractivity contribution is -0.140. The summed E-state index contributed by atoms with van der Waals surface area (Å²) in [7, 11) is 1.87. The van der Waals surface area contributed by atoms with E-state index in [1.807, 2.05) is 44.0 Å². The number of ether oxygens (including phenoxy) is 2. The van der Waals surface area contributed by atoms with Crippen molar-refractivity contribution in [3.63, 3.8) is 0 Å². The highest BCUT2D eigenvalue weighted by Crippen LogP contribution is 2.32. The molecule has 112 valence electrons. The topological polar surface area (TPSA) is 59.0 Å². The van der Waals surface area contributed by atoms with Crippen LogP contribution in [0, 0.1) is 5.92 Å². The molecule has 0 spiro atoms.